The van der Waals surface area contributed by atoms with Crippen molar-refractivity contribution < 1.29 is 23.3 Å². The maximum absolute atomic E-state index is 3.37. The van der Waals surface area contributed by atoms with Crippen molar-refractivity contribution in [1.29, 1.82) is 0 Å². The predicted octanol–water partition coefficient (Wildman–Crippen LogP) is 7.05. The van der Waals surface area contributed by atoms with E-state index >= 15 is 0 Å². The summed E-state index contributed by atoms with van der Waals surface area (Å²) in [6.07, 6.45) is 13.3. The van der Waals surface area contributed by atoms with E-state index in [1.165, 1.54) is 22.3 Å². The summed E-state index contributed by atoms with van der Waals surface area (Å²) in [4.78, 5) is 0. The van der Waals surface area contributed by atoms with Gasteiger partial charge in [0.1, 0.15) is 0 Å². The van der Waals surface area contributed by atoms with Crippen LogP contribution in [0, 0.1) is 37.8 Å². The van der Waals surface area contributed by atoms with E-state index < -0.39 is 0 Å². The van der Waals surface area contributed by atoms with E-state index in [9.17, 15) is 0 Å². The summed E-state index contributed by atoms with van der Waals surface area (Å²) >= 11 is 1.58. The van der Waals surface area contributed by atoms with E-state index in [0.29, 0.717) is 0 Å². The summed E-state index contributed by atoms with van der Waals surface area (Å²) < 4.78 is 0. The van der Waals surface area contributed by atoms with Crippen LogP contribution in [0.15, 0.2) is 34.4 Å². The third-order valence-electron chi connectivity index (χ3n) is 3.51. The quantitative estimate of drug-likeness (QED) is 0.250. The Morgan fingerprint density at radius 2 is 0.962 bits per heavy atom. The molecule has 0 aromatic carbocycles. The first-order valence-electron chi connectivity index (χ1n) is 7.92. The first kappa shape index (κ1) is 37.4. The maximum atomic E-state index is 3.37. The number of allylic oxidation sites excluding steroid dienone is 8. The Kier molecular flexibility index (Phi) is 23.9. The normalized spacial score (nSPS) is 14.6. The molecule has 0 atom stereocenters. The van der Waals surface area contributed by atoms with Crippen LogP contribution in [-0.4, -0.2) is 6.88 Å². The Bertz CT molecular complexity index is 455. The van der Waals surface area contributed by atoms with Crippen molar-refractivity contribution in [3.05, 3.63) is 61.4 Å². The van der Waals surface area contributed by atoms with Crippen molar-refractivity contribution in [2.75, 3.05) is 0 Å². The van der Waals surface area contributed by atoms with Crippen LogP contribution in [0.4, 0.5) is 0 Å². The van der Waals surface area contributed by atoms with Crippen LogP contribution in [0.2, 0.25) is 0 Å². The molecule has 0 radical (unpaired) electrons. The molecule has 4 heteroatoms. The molecule has 154 valence electrons. The summed E-state index contributed by atoms with van der Waals surface area (Å²) in [5.74, 6) is 0. The summed E-state index contributed by atoms with van der Waals surface area (Å²) in [6, 6.07) is 0. The van der Waals surface area contributed by atoms with Crippen molar-refractivity contribution in [2.45, 2.75) is 68.2 Å². The molecule has 0 N–H and O–H groups in total. The van der Waals surface area contributed by atoms with Crippen LogP contribution in [0.1, 0.15) is 68.2 Å². The number of hydrogen-bond acceptors (Lipinski definition) is 0. The van der Waals surface area contributed by atoms with Gasteiger partial charge < -0.3 is 14.9 Å². The molecule has 0 amide bonds. The van der Waals surface area contributed by atoms with Gasteiger partial charge in [-0.25, -0.2) is 23.3 Å². The van der Waals surface area contributed by atoms with Gasteiger partial charge in [0.15, 0.2) is 0 Å². The average Bonchev–Trinajstić information content (AvgIpc) is 3.00. The second-order valence-corrected chi connectivity index (χ2v) is 8.02. The molecule has 0 saturated heterocycles. The second kappa shape index (κ2) is 16.6. The van der Waals surface area contributed by atoms with Gasteiger partial charge >= 0.3 is 30.2 Å². The third kappa shape index (κ3) is 14.7. The van der Waals surface area contributed by atoms with E-state index in [4.69, 9.17) is 0 Å². The summed E-state index contributed by atoms with van der Waals surface area (Å²) in [6.45, 7) is 19.6. The van der Waals surface area contributed by atoms with Crippen LogP contribution in [0.3, 0.4) is 0 Å². The molecule has 0 nitrogen and oxygen atoms in total. The van der Waals surface area contributed by atoms with Crippen molar-refractivity contribution in [1.82, 2.24) is 0 Å². The zero-order valence-electron chi connectivity index (χ0n) is 18.6. The van der Waals surface area contributed by atoms with Crippen LogP contribution in [0.25, 0.3) is 0 Å². The number of rotatable bonds is 0. The first-order valence-corrected chi connectivity index (χ1v) is 13.8. The van der Waals surface area contributed by atoms with E-state index in [1.807, 2.05) is 6.88 Å². The second-order valence-electron chi connectivity index (χ2n) is 8.02. The molecule has 0 bridgehead atoms. The van der Waals surface area contributed by atoms with Gasteiger partial charge in [0, 0.05) is 0 Å². The molecule has 2 aliphatic carbocycles. The molecule has 0 heterocycles. The Balaban J connectivity index is -0.0000000904. The van der Waals surface area contributed by atoms with Gasteiger partial charge in [-0.3, -0.25) is 12.2 Å². The van der Waals surface area contributed by atoms with E-state index in [1.54, 1.807) is 23.3 Å². The molecular weight excluding hydrogens is 454 g/mol. The Labute approximate surface area is 194 Å². The molecule has 0 spiro atoms. The van der Waals surface area contributed by atoms with Gasteiger partial charge in [0.25, 0.3) is 0 Å². The minimum atomic E-state index is 0. The Hall–Kier alpha value is 0.640. The Morgan fingerprint density at radius 1 is 0.731 bits per heavy atom. The molecule has 0 aromatic rings. The first-order chi connectivity index (χ1) is 10.00. The molecule has 0 aliphatic heterocycles. The van der Waals surface area contributed by atoms with Crippen molar-refractivity contribution >= 4 is 31.7 Å². The fourth-order valence-electron chi connectivity index (χ4n) is 2.13. The molecule has 0 fully saturated rings. The molecule has 2 rings (SSSR count). The zero-order chi connectivity index (χ0) is 17.6. The predicted molar refractivity (Wildman–Crippen MR) is 125 cm³/mol. The molecule has 0 saturated carbocycles. The van der Waals surface area contributed by atoms with E-state index in [-0.39, 0.29) is 50.5 Å². The van der Waals surface area contributed by atoms with Crippen molar-refractivity contribution in [2.24, 2.45) is 10.8 Å². The summed E-state index contributed by atoms with van der Waals surface area (Å²) in [5, 5.41) is 0. The van der Waals surface area contributed by atoms with Gasteiger partial charge in [-0.05, 0) is 10.8 Å². The Morgan fingerprint density at radius 3 is 1.04 bits per heavy atom. The summed E-state index contributed by atoms with van der Waals surface area (Å²) in [5.41, 5.74) is 6.18. The summed E-state index contributed by atoms with van der Waals surface area (Å²) in [7, 11) is 0. The third-order valence-corrected chi connectivity index (χ3v) is 3.51. The fraction of sp³-hybridized carbons (Fsp3) is 0.545. The number of hydrogen-bond donors (Lipinski definition) is 0. The van der Waals surface area contributed by atoms with E-state index in [0.717, 1.165) is 12.8 Å². The minimum absolute atomic E-state index is 0. The van der Waals surface area contributed by atoms with Crippen LogP contribution in [0.5, 0.6) is 0 Å². The van der Waals surface area contributed by atoms with Gasteiger partial charge in [-0.1, -0.05) is 55.4 Å². The SMILES string of the molecule is CC1=CC(C(C)(C)C)=[C-]C1.CC1=CC(C(C)(C)C)=[C-]C1.Cl.Cl.[CH3-].[CH3-].[SiH2]=[Zr]. The van der Waals surface area contributed by atoms with Crippen molar-refractivity contribution in [3.63, 3.8) is 0 Å². The molecule has 26 heavy (non-hydrogen) atoms. The molecular formula is C22H40Cl2SiZr-4. The fourth-order valence-corrected chi connectivity index (χ4v) is 2.13. The van der Waals surface area contributed by atoms with Crippen LogP contribution < -0.4 is 0 Å². The molecule has 2 aliphatic rings. The molecule has 0 unspecified atom stereocenters. The van der Waals surface area contributed by atoms with Gasteiger partial charge in [0.05, 0.1) is 0 Å². The van der Waals surface area contributed by atoms with Gasteiger partial charge in [-0.15, -0.1) is 37.7 Å². The van der Waals surface area contributed by atoms with E-state index in [2.05, 4.69) is 79.7 Å². The van der Waals surface area contributed by atoms with Crippen LogP contribution >= 0.6 is 24.8 Å². The topological polar surface area (TPSA) is 0 Å². The number of halogens is 2. The van der Waals surface area contributed by atoms with Gasteiger partial charge in [0.2, 0.25) is 0 Å². The zero-order valence-corrected chi connectivity index (χ0v) is 24.1. The van der Waals surface area contributed by atoms with Gasteiger partial charge in [-0.2, -0.15) is 11.1 Å². The average molecular weight is 495 g/mol. The van der Waals surface area contributed by atoms with Crippen LogP contribution in [-0.2, 0) is 23.3 Å². The van der Waals surface area contributed by atoms with Crippen molar-refractivity contribution in [3.8, 4) is 0 Å². The monoisotopic (exact) mass is 492 g/mol. The standard InChI is InChI=1S/2C10H15.2CH3.2ClH.H2Si.Zr/c2*1-8-5-6-9(7-8)10(2,3)4;;;;;;/h2*7H,5H2,1-4H3;2*1H3;2*1H;1H2;/q4*-1;;;;. The molecule has 0 aromatic heterocycles.